The van der Waals surface area contributed by atoms with Gasteiger partial charge >= 0.3 is 6.03 Å². The molecule has 1 aliphatic rings. The Morgan fingerprint density at radius 2 is 2.09 bits per heavy atom. The highest BCUT2D eigenvalue weighted by molar-refractivity contribution is 7.98. The van der Waals surface area contributed by atoms with Gasteiger partial charge in [-0.3, -0.25) is 0 Å². The van der Waals surface area contributed by atoms with Gasteiger partial charge in [-0.25, -0.2) is 4.79 Å². The Labute approximate surface area is 137 Å². The molecule has 0 radical (unpaired) electrons. The molecule has 1 aromatic carbocycles. The van der Waals surface area contributed by atoms with Crippen molar-refractivity contribution < 1.29 is 9.90 Å². The number of thioether (sulfide) groups is 1. The lowest BCUT2D eigenvalue weighted by Crippen LogP contribution is -2.49. The highest BCUT2D eigenvalue weighted by Gasteiger charge is 2.32. The first kappa shape index (κ1) is 17.2. The predicted octanol–water partition coefficient (Wildman–Crippen LogP) is 2.42. The van der Waals surface area contributed by atoms with Gasteiger partial charge in [-0.2, -0.15) is 11.8 Å². The van der Waals surface area contributed by atoms with Crippen LogP contribution in [0.15, 0.2) is 30.3 Å². The van der Waals surface area contributed by atoms with Crippen molar-refractivity contribution in [3.8, 4) is 0 Å². The van der Waals surface area contributed by atoms with E-state index in [0.29, 0.717) is 11.7 Å². The number of amides is 2. The van der Waals surface area contributed by atoms with E-state index in [1.54, 1.807) is 18.7 Å². The smallest absolute Gasteiger partial charge is 0.315 e. The molecule has 0 spiro atoms. The third-order valence-corrected chi connectivity index (χ3v) is 4.80. The number of hydrogen-bond acceptors (Lipinski definition) is 3. The van der Waals surface area contributed by atoms with Gasteiger partial charge in [0.25, 0.3) is 0 Å². The van der Waals surface area contributed by atoms with Gasteiger partial charge in [0.15, 0.2) is 0 Å². The molecule has 22 heavy (non-hydrogen) atoms. The summed E-state index contributed by atoms with van der Waals surface area (Å²) in [5.74, 6) is 1.18. The second-order valence-corrected chi connectivity index (χ2v) is 7.26. The van der Waals surface area contributed by atoms with Crippen LogP contribution in [0.4, 0.5) is 4.79 Å². The van der Waals surface area contributed by atoms with Crippen LogP contribution in [0.25, 0.3) is 0 Å². The minimum absolute atomic E-state index is 0.174. The summed E-state index contributed by atoms with van der Waals surface area (Å²) in [5, 5.41) is 16.0. The molecule has 2 unspecified atom stereocenters. The van der Waals surface area contributed by atoms with Gasteiger partial charge in [-0.15, -0.1) is 0 Å². The summed E-state index contributed by atoms with van der Waals surface area (Å²) in [6.45, 7) is 2.01. The second-order valence-electron chi connectivity index (χ2n) is 6.39. The fourth-order valence-electron chi connectivity index (χ4n) is 2.55. The molecule has 1 saturated carbocycles. The summed E-state index contributed by atoms with van der Waals surface area (Å²) < 4.78 is 0. The van der Waals surface area contributed by atoms with Gasteiger partial charge in [0, 0.05) is 18.3 Å². The highest BCUT2D eigenvalue weighted by atomic mass is 32.2. The van der Waals surface area contributed by atoms with Gasteiger partial charge in [0.2, 0.25) is 0 Å². The largest absolute Gasteiger partial charge is 0.387 e. The first-order chi connectivity index (χ1) is 10.5. The molecule has 1 fully saturated rings. The fraction of sp³-hybridized carbons (Fsp3) is 0.588. The van der Waals surface area contributed by atoms with Crippen LogP contribution in [-0.4, -0.2) is 41.3 Å². The maximum absolute atomic E-state index is 12.1. The lowest BCUT2D eigenvalue weighted by molar-refractivity contribution is 0.0867. The Balaban J connectivity index is 1.82. The van der Waals surface area contributed by atoms with E-state index in [4.69, 9.17) is 0 Å². The number of urea groups is 1. The molecule has 0 bridgehead atoms. The van der Waals surface area contributed by atoms with Gasteiger partial charge in [0.1, 0.15) is 0 Å². The average Bonchev–Trinajstić information content (AvgIpc) is 3.30. The van der Waals surface area contributed by atoms with Crippen molar-refractivity contribution >= 4 is 17.8 Å². The van der Waals surface area contributed by atoms with Crippen molar-refractivity contribution in [2.75, 3.05) is 18.6 Å². The van der Waals surface area contributed by atoms with Crippen LogP contribution in [0.3, 0.4) is 0 Å². The van der Waals surface area contributed by atoms with E-state index in [1.165, 1.54) is 18.4 Å². The zero-order valence-corrected chi connectivity index (χ0v) is 14.2. The first-order valence-electron chi connectivity index (χ1n) is 7.80. The Hall–Kier alpha value is -1.20. The minimum atomic E-state index is -0.870. The van der Waals surface area contributed by atoms with Crippen molar-refractivity contribution in [2.45, 2.75) is 37.8 Å². The molecule has 1 aliphatic carbocycles. The van der Waals surface area contributed by atoms with Gasteiger partial charge in [0.05, 0.1) is 5.60 Å². The summed E-state index contributed by atoms with van der Waals surface area (Å²) in [6.07, 6.45) is 5.17. The third-order valence-electron chi connectivity index (χ3n) is 3.89. The van der Waals surface area contributed by atoms with E-state index in [1.807, 2.05) is 24.5 Å². The zero-order valence-electron chi connectivity index (χ0n) is 13.3. The molecule has 0 saturated heterocycles. The molecular formula is C17H26N2O2S. The van der Waals surface area contributed by atoms with Crippen molar-refractivity contribution in [2.24, 2.45) is 5.92 Å². The summed E-state index contributed by atoms with van der Waals surface area (Å²) in [6, 6.07) is 10.2. The second kappa shape index (κ2) is 7.88. The SMILES string of the molecule is CSCC(C)(O)CNC(=O)NC(Cc1ccccc1)C1CC1. The van der Waals surface area contributed by atoms with E-state index in [9.17, 15) is 9.90 Å². The molecule has 4 nitrogen and oxygen atoms in total. The lowest BCUT2D eigenvalue weighted by Gasteiger charge is -2.24. The van der Waals surface area contributed by atoms with Gasteiger partial charge in [-0.05, 0) is 43.9 Å². The zero-order chi connectivity index (χ0) is 16.0. The average molecular weight is 322 g/mol. The normalized spacial score (nSPS) is 18.3. The van der Waals surface area contributed by atoms with E-state index < -0.39 is 5.60 Å². The van der Waals surface area contributed by atoms with Crippen LogP contribution in [0.2, 0.25) is 0 Å². The van der Waals surface area contributed by atoms with Crippen LogP contribution in [0.5, 0.6) is 0 Å². The van der Waals surface area contributed by atoms with Crippen LogP contribution in [-0.2, 0) is 6.42 Å². The number of carbonyl (C=O) groups is 1. The first-order valence-corrected chi connectivity index (χ1v) is 9.19. The monoisotopic (exact) mass is 322 g/mol. The fourth-order valence-corrected chi connectivity index (χ4v) is 3.28. The van der Waals surface area contributed by atoms with Gasteiger partial charge < -0.3 is 15.7 Å². The Bertz CT molecular complexity index is 475. The van der Waals surface area contributed by atoms with Crippen molar-refractivity contribution in [3.05, 3.63) is 35.9 Å². The molecule has 5 heteroatoms. The number of hydrogen-bond donors (Lipinski definition) is 3. The molecule has 0 aromatic heterocycles. The number of benzene rings is 1. The van der Waals surface area contributed by atoms with Crippen LogP contribution >= 0.6 is 11.8 Å². The molecule has 122 valence electrons. The van der Waals surface area contributed by atoms with E-state index >= 15 is 0 Å². The Morgan fingerprint density at radius 1 is 1.41 bits per heavy atom. The number of nitrogens with one attached hydrogen (secondary N) is 2. The molecule has 2 rings (SSSR count). The molecule has 3 N–H and O–H groups in total. The van der Waals surface area contributed by atoms with E-state index in [0.717, 1.165) is 6.42 Å². The molecule has 2 amide bonds. The van der Waals surface area contributed by atoms with Crippen LogP contribution in [0, 0.1) is 5.92 Å². The summed E-state index contributed by atoms with van der Waals surface area (Å²) >= 11 is 1.57. The highest BCUT2D eigenvalue weighted by Crippen LogP contribution is 2.34. The van der Waals surface area contributed by atoms with Crippen LogP contribution < -0.4 is 10.6 Å². The number of rotatable bonds is 8. The van der Waals surface area contributed by atoms with Crippen molar-refractivity contribution in [1.29, 1.82) is 0 Å². The molecule has 0 aliphatic heterocycles. The number of carbonyl (C=O) groups excluding carboxylic acids is 1. The van der Waals surface area contributed by atoms with Crippen LogP contribution in [0.1, 0.15) is 25.3 Å². The quantitative estimate of drug-likeness (QED) is 0.689. The topological polar surface area (TPSA) is 61.4 Å². The maximum atomic E-state index is 12.1. The molecule has 2 atom stereocenters. The van der Waals surface area contributed by atoms with Crippen molar-refractivity contribution in [3.63, 3.8) is 0 Å². The third kappa shape index (κ3) is 5.89. The summed E-state index contributed by atoms with van der Waals surface area (Å²) in [4.78, 5) is 12.1. The lowest BCUT2D eigenvalue weighted by atomic mass is 10.0. The summed E-state index contributed by atoms with van der Waals surface area (Å²) in [5.41, 5.74) is 0.375. The molecular weight excluding hydrogens is 296 g/mol. The Kier molecular flexibility index (Phi) is 6.15. The predicted molar refractivity (Wildman–Crippen MR) is 92.2 cm³/mol. The van der Waals surface area contributed by atoms with E-state index in [-0.39, 0.29) is 18.6 Å². The standard InChI is InChI=1S/C17H26N2O2S/c1-17(21,12-22-2)11-18-16(20)19-15(14-8-9-14)10-13-6-4-3-5-7-13/h3-7,14-15,21H,8-12H2,1-2H3,(H2,18,19,20). The number of aliphatic hydroxyl groups is 1. The van der Waals surface area contributed by atoms with Crippen molar-refractivity contribution in [1.82, 2.24) is 10.6 Å². The van der Waals surface area contributed by atoms with E-state index in [2.05, 4.69) is 22.8 Å². The summed E-state index contributed by atoms with van der Waals surface area (Å²) in [7, 11) is 0. The maximum Gasteiger partial charge on any atom is 0.315 e. The molecule has 1 aromatic rings. The molecule has 0 heterocycles. The minimum Gasteiger partial charge on any atom is -0.387 e. The Morgan fingerprint density at radius 3 is 2.68 bits per heavy atom. The van der Waals surface area contributed by atoms with Gasteiger partial charge in [-0.1, -0.05) is 30.3 Å².